The number of carbonyl (C=O) groups excluding carboxylic acids is 2. The first-order valence-corrected chi connectivity index (χ1v) is 15.3. The number of hydrogen-bond acceptors (Lipinski definition) is 6. The van der Waals surface area contributed by atoms with E-state index in [1.165, 1.54) is 36.6 Å². The molecule has 0 radical (unpaired) electrons. The lowest BCUT2D eigenvalue weighted by Crippen LogP contribution is -2.40. The minimum absolute atomic E-state index is 0.194. The maximum absolute atomic E-state index is 12.7. The highest BCUT2D eigenvalue weighted by atomic mass is 16.6. The van der Waals surface area contributed by atoms with Gasteiger partial charge in [-0.25, -0.2) is 9.78 Å². The molecule has 0 aliphatic carbocycles. The number of likely N-dealkylation sites (tertiary alicyclic amines) is 2. The van der Waals surface area contributed by atoms with Crippen molar-refractivity contribution in [2.75, 3.05) is 45.1 Å². The number of anilines is 1. The highest BCUT2D eigenvalue weighted by Crippen LogP contribution is 2.23. The topological polar surface area (TPSA) is 78.0 Å². The molecule has 0 bridgehead atoms. The number of carbonyl (C=O) groups is 2. The second-order valence-electron chi connectivity index (χ2n) is 11.7. The fraction of sp³-hybridized carbons (Fsp3) is 0.441. The van der Waals surface area contributed by atoms with Gasteiger partial charge in [-0.3, -0.25) is 9.69 Å². The molecule has 8 nitrogen and oxygen atoms in total. The van der Waals surface area contributed by atoms with Gasteiger partial charge in [-0.2, -0.15) is 0 Å². The number of ether oxygens (including phenoxy) is 1. The fourth-order valence-electron chi connectivity index (χ4n) is 5.79. The van der Waals surface area contributed by atoms with Crippen LogP contribution in [-0.4, -0.2) is 71.5 Å². The summed E-state index contributed by atoms with van der Waals surface area (Å²) in [7, 11) is 2.16. The molecule has 0 saturated carbocycles. The van der Waals surface area contributed by atoms with Gasteiger partial charge in [-0.05, 0) is 94.0 Å². The highest BCUT2D eigenvalue weighted by molar-refractivity contribution is 6.04. The molecule has 222 valence electrons. The third-order valence-corrected chi connectivity index (χ3v) is 8.34. The van der Waals surface area contributed by atoms with E-state index in [2.05, 4.69) is 51.4 Å². The van der Waals surface area contributed by atoms with Gasteiger partial charge in [-0.15, -0.1) is 0 Å². The summed E-state index contributed by atoms with van der Waals surface area (Å²) >= 11 is 0. The summed E-state index contributed by atoms with van der Waals surface area (Å²) in [5, 5.41) is 2.87. The van der Waals surface area contributed by atoms with Crippen molar-refractivity contribution in [3.05, 3.63) is 89.6 Å². The first-order valence-electron chi connectivity index (χ1n) is 15.3. The summed E-state index contributed by atoms with van der Waals surface area (Å²) in [6, 6.07) is 21.6. The van der Waals surface area contributed by atoms with E-state index < -0.39 is 0 Å². The molecule has 2 aliphatic heterocycles. The lowest BCUT2D eigenvalue weighted by Gasteiger charge is -2.32. The maximum Gasteiger partial charge on any atom is 0.416 e. The number of piperidine rings is 2. The molecule has 5 rings (SSSR count). The van der Waals surface area contributed by atoms with Crippen LogP contribution in [0.5, 0.6) is 5.88 Å². The van der Waals surface area contributed by atoms with Crippen LogP contribution >= 0.6 is 0 Å². The molecular weight excluding hydrogens is 526 g/mol. The maximum atomic E-state index is 12.7. The van der Waals surface area contributed by atoms with Crippen molar-refractivity contribution in [3.63, 3.8) is 0 Å². The monoisotopic (exact) mass is 569 g/mol. The van der Waals surface area contributed by atoms with Gasteiger partial charge < -0.3 is 19.9 Å². The molecular formula is C34H43N5O3. The molecule has 2 saturated heterocycles. The number of aromatic nitrogens is 1. The standard InChI is InChI=1S/C34H43N5O3/c1-37(25-28-8-4-2-5-9-28)21-16-27-17-22-39(23-18-27)34(41)42-32-15-14-31(24-35-32)36-33(40)30-12-10-29(11-13-30)26-38-19-6-3-7-20-38/h2,4-5,8-15,24,27H,3,6-7,16-23,25-26H2,1H3,(H,36,40). The molecule has 3 aromatic rings. The number of rotatable bonds is 10. The Kier molecular flexibility index (Phi) is 10.6. The van der Waals surface area contributed by atoms with Crippen molar-refractivity contribution in [2.24, 2.45) is 5.92 Å². The van der Waals surface area contributed by atoms with E-state index in [-0.39, 0.29) is 17.9 Å². The number of pyridine rings is 1. The van der Waals surface area contributed by atoms with Crippen LogP contribution in [0.4, 0.5) is 10.5 Å². The van der Waals surface area contributed by atoms with Gasteiger partial charge in [0, 0.05) is 37.8 Å². The van der Waals surface area contributed by atoms with Gasteiger partial charge in [0.1, 0.15) is 0 Å². The molecule has 42 heavy (non-hydrogen) atoms. The largest absolute Gasteiger partial charge is 0.416 e. The van der Waals surface area contributed by atoms with Crippen LogP contribution in [0.3, 0.4) is 0 Å². The summed E-state index contributed by atoms with van der Waals surface area (Å²) in [5.41, 5.74) is 3.70. The number of nitrogens with zero attached hydrogens (tertiary/aromatic N) is 4. The fourth-order valence-corrected chi connectivity index (χ4v) is 5.79. The molecule has 3 heterocycles. The van der Waals surface area contributed by atoms with E-state index in [1.807, 2.05) is 30.3 Å². The minimum Gasteiger partial charge on any atom is -0.391 e. The quantitative estimate of drug-likeness (QED) is 0.320. The van der Waals surface area contributed by atoms with Crippen LogP contribution in [0, 0.1) is 5.92 Å². The van der Waals surface area contributed by atoms with Gasteiger partial charge in [0.2, 0.25) is 5.88 Å². The molecule has 2 aliphatic rings. The predicted molar refractivity (Wildman–Crippen MR) is 165 cm³/mol. The molecule has 2 fully saturated rings. The number of amides is 2. The summed E-state index contributed by atoms with van der Waals surface area (Å²) in [5.74, 6) is 0.643. The lowest BCUT2D eigenvalue weighted by atomic mass is 9.93. The second-order valence-corrected chi connectivity index (χ2v) is 11.7. The smallest absolute Gasteiger partial charge is 0.391 e. The Morgan fingerprint density at radius 2 is 1.64 bits per heavy atom. The summed E-state index contributed by atoms with van der Waals surface area (Å²) in [6.45, 7) is 6.60. The Morgan fingerprint density at radius 3 is 2.33 bits per heavy atom. The van der Waals surface area contributed by atoms with Crippen LogP contribution in [0.1, 0.15) is 60.0 Å². The zero-order chi connectivity index (χ0) is 29.1. The Hall–Kier alpha value is -3.75. The van der Waals surface area contributed by atoms with Gasteiger partial charge in [-0.1, -0.05) is 48.9 Å². The van der Waals surface area contributed by atoms with Crippen molar-refractivity contribution in [1.29, 1.82) is 0 Å². The summed E-state index contributed by atoms with van der Waals surface area (Å²) in [6.07, 6.45) is 8.08. The van der Waals surface area contributed by atoms with Crippen molar-refractivity contribution in [1.82, 2.24) is 19.7 Å². The van der Waals surface area contributed by atoms with Gasteiger partial charge in [0.05, 0.1) is 11.9 Å². The molecule has 0 atom stereocenters. The minimum atomic E-state index is -0.372. The molecule has 2 amide bonds. The average molecular weight is 570 g/mol. The number of benzene rings is 2. The van der Waals surface area contributed by atoms with E-state index in [9.17, 15) is 9.59 Å². The van der Waals surface area contributed by atoms with E-state index >= 15 is 0 Å². The van der Waals surface area contributed by atoms with Crippen molar-refractivity contribution in [3.8, 4) is 5.88 Å². The Bertz CT molecular complexity index is 1270. The van der Waals surface area contributed by atoms with E-state index in [4.69, 9.17) is 4.74 Å². The van der Waals surface area contributed by atoms with Gasteiger partial charge in [0.25, 0.3) is 5.91 Å². The van der Waals surface area contributed by atoms with Gasteiger partial charge >= 0.3 is 6.09 Å². The SMILES string of the molecule is CN(CCC1CCN(C(=O)Oc2ccc(NC(=O)c3ccc(CN4CCCCC4)cc3)cn2)CC1)Cc1ccccc1. The van der Waals surface area contributed by atoms with Crippen molar-refractivity contribution < 1.29 is 14.3 Å². The van der Waals surface area contributed by atoms with E-state index in [0.717, 1.165) is 52.0 Å². The number of hydrogen-bond donors (Lipinski definition) is 1. The van der Waals surface area contributed by atoms with E-state index in [0.29, 0.717) is 30.3 Å². The first kappa shape index (κ1) is 29.7. The van der Waals surface area contributed by atoms with Crippen LogP contribution in [0.2, 0.25) is 0 Å². The van der Waals surface area contributed by atoms with Crippen molar-refractivity contribution in [2.45, 2.75) is 51.6 Å². The summed E-state index contributed by atoms with van der Waals surface area (Å²) < 4.78 is 5.52. The summed E-state index contributed by atoms with van der Waals surface area (Å²) in [4.78, 5) is 36.3. The predicted octanol–water partition coefficient (Wildman–Crippen LogP) is 6.05. The van der Waals surface area contributed by atoms with Gasteiger partial charge in [0.15, 0.2) is 0 Å². The normalized spacial score (nSPS) is 16.4. The Labute approximate surface area is 249 Å². The van der Waals surface area contributed by atoms with Crippen molar-refractivity contribution >= 4 is 17.7 Å². The van der Waals surface area contributed by atoms with Crippen LogP contribution < -0.4 is 10.1 Å². The lowest BCUT2D eigenvalue weighted by molar-refractivity contribution is 0.102. The Balaban J connectivity index is 1.01. The average Bonchev–Trinajstić information content (AvgIpc) is 3.02. The van der Waals surface area contributed by atoms with Crippen LogP contribution in [-0.2, 0) is 13.1 Å². The first-order chi connectivity index (χ1) is 20.5. The highest BCUT2D eigenvalue weighted by Gasteiger charge is 2.24. The van der Waals surface area contributed by atoms with Crippen LogP contribution in [0.25, 0.3) is 0 Å². The van der Waals surface area contributed by atoms with E-state index in [1.54, 1.807) is 17.0 Å². The Morgan fingerprint density at radius 1 is 0.905 bits per heavy atom. The third-order valence-electron chi connectivity index (χ3n) is 8.34. The number of nitrogens with one attached hydrogen (secondary N) is 1. The molecule has 0 spiro atoms. The van der Waals surface area contributed by atoms with Crippen LogP contribution in [0.15, 0.2) is 72.9 Å². The molecule has 0 unspecified atom stereocenters. The molecule has 1 N–H and O–H groups in total. The zero-order valence-corrected chi connectivity index (χ0v) is 24.7. The molecule has 2 aromatic carbocycles. The zero-order valence-electron chi connectivity index (χ0n) is 24.7. The third kappa shape index (κ3) is 8.87. The second kappa shape index (κ2) is 14.9. The molecule has 1 aromatic heterocycles. The molecule has 8 heteroatoms.